The van der Waals surface area contributed by atoms with Gasteiger partial charge in [-0.05, 0) is 94.5 Å². The molecule has 14 heteroatoms. The van der Waals surface area contributed by atoms with Gasteiger partial charge in [-0.2, -0.15) is 0 Å². The summed E-state index contributed by atoms with van der Waals surface area (Å²) in [5.74, 6) is 1.04. The third-order valence-corrected chi connectivity index (χ3v) is 13.0. The van der Waals surface area contributed by atoms with Gasteiger partial charge in [0.25, 0.3) is 0 Å². The summed E-state index contributed by atoms with van der Waals surface area (Å²) in [6.45, 7) is 0. The van der Waals surface area contributed by atoms with E-state index in [4.69, 9.17) is 19.4 Å². The first kappa shape index (κ1) is 37.5. The van der Waals surface area contributed by atoms with Crippen LogP contribution in [0.3, 0.4) is 0 Å². The average Bonchev–Trinajstić information content (AvgIpc) is 4.07. The second-order valence-corrected chi connectivity index (χ2v) is 16.4. The highest BCUT2D eigenvalue weighted by Gasteiger charge is 2.44. The van der Waals surface area contributed by atoms with Crippen molar-refractivity contribution in [1.29, 1.82) is 0 Å². The van der Waals surface area contributed by atoms with E-state index in [1.54, 1.807) is 0 Å². The Morgan fingerprint density at radius 1 is 0.581 bits per heavy atom. The van der Waals surface area contributed by atoms with E-state index in [-0.39, 0.29) is 23.9 Å². The molecule has 5 aromatic carbocycles. The summed E-state index contributed by atoms with van der Waals surface area (Å²) in [5.41, 5.74) is 13.6. The molecule has 4 atom stereocenters. The number of nitrogens with zero attached hydrogens (tertiary/aromatic N) is 4. The van der Waals surface area contributed by atoms with Gasteiger partial charge in [0.15, 0.2) is 0 Å². The third-order valence-electron chi connectivity index (χ3n) is 13.0. The number of fused-ring (bicyclic) bond motifs is 2. The minimum absolute atomic E-state index is 0.172. The summed E-state index contributed by atoms with van der Waals surface area (Å²) in [4.78, 5) is 73.1. The summed E-state index contributed by atoms with van der Waals surface area (Å²) >= 11 is 0. The molecule has 0 saturated carbocycles. The zero-order valence-corrected chi connectivity index (χ0v) is 34.0. The number of imidazole rings is 2. The molecule has 14 nitrogen and oxygen atoms in total. The van der Waals surface area contributed by atoms with E-state index in [1.165, 1.54) is 14.2 Å². The van der Waals surface area contributed by atoms with E-state index >= 15 is 0 Å². The van der Waals surface area contributed by atoms with Crippen molar-refractivity contribution in [3.05, 3.63) is 131 Å². The van der Waals surface area contributed by atoms with E-state index in [0.717, 1.165) is 77.9 Å². The van der Waals surface area contributed by atoms with Crippen LogP contribution >= 0.6 is 0 Å². The van der Waals surface area contributed by atoms with E-state index < -0.39 is 24.3 Å². The van der Waals surface area contributed by atoms with E-state index in [9.17, 15) is 19.2 Å². The monoisotopic (exact) mass is 826 g/mol. The summed E-state index contributed by atoms with van der Waals surface area (Å²) in [6.07, 6.45) is 2.25. The van der Waals surface area contributed by atoms with E-state index in [2.05, 4.69) is 93.4 Å². The zero-order chi connectivity index (χ0) is 42.2. The first-order valence-electron chi connectivity index (χ1n) is 20.9. The van der Waals surface area contributed by atoms with Crippen LogP contribution in [0, 0.1) is 0 Å². The number of H-pyrrole nitrogens is 2. The lowest BCUT2D eigenvalue weighted by atomic mass is 10.00. The Balaban J connectivity index is 0.844. The predicted octanol–water partition coefficient (Wildman–Crippen LogP) is 7.38. The van der Waals surface area contributed by atoms with Gasteiger partial charge in [0, 0.05) is 12.8 Å². The molecule has 11 rings (SSSR count). The highest BCUT2D eigenvalue weighted by molar-refractivity contribution is 6.04. The zero-order valence-electron chi connectivity index (χ0n) is 34.0. The molecule has 0 unspecified atom stereocenters. The number of carbonyl (C=O) groups excluding carboxylic acids is 4. The van der Waals surface area contributed by atoms with Crippen LogP contribution in [-0.2, 0) is 44.7 Å². The van der Waals surface area contributed by atoms with Crippen molar-refractivity contribution in [3.63, 3.8) is 0 Å². The Kier molecular flexibility index (Phi) is 8.84. The standard InChI is InChI=1S/C48H42N8O6/c1-61-47(59)53-35-19-13-27-5-3-7-31-23-39(55(41(27)31)45(35)57)43-49-33-17-15-29(21-37(33)51-43)25-9-11-26(12-10-25)30-16-18-34-38(22-30)52-44(50-34)40-24-32-8-4-6-28-14-20-36(54-48(60)62-2)46(58)56(40)42(28)32/h3-12,15-18,21-22,35-36,39-40H,13-14,19-20,23-24H2,1-2H3,(H,49,51)(H,50,52)(H,53,59)(H,54,60)/t35-,36-,39-,40-/m0/s1. The molecule has 62 heavy (non-hydrogen) atoms. The second kappa shape index (κ2) is 14.6. The number of aryl methyl sites for hydroxylation is 2. The van der Waals surface area contributed by atoms with Crippen molar-refractivity contribution in [1.82, 2.24) is 30.6 Å². The molecule has 6 heterocycles. The maximum absolute atomic E-state index is 14.0. The Morgan fingerprint density at radius 2 is 0.984 bits per heavy atom. The van der Waals surface area contributed by atoms with Crippen molar-refractivity contribution in [2.24, 2.45) is 0 Å². The number of benzene rings is 5. The normalized spacial score (nSPS) is 20.2. The highest BCUT2D eigenvalue weighted by Crippen LogP contribution is 2.46. The van der Waals surface area contributed by atoms with Crippen molar-refractivity contribution >= 4 is 57.4 Å². The number of rotatable bonds is 6. The highest BCUT2D eigenvalue weighted by atomic mass is 16.5. The Hall–Kier alpha value is -7.48. The van der Waals surface area contributed by atoms with Crippen molar-refractivity contribution in [2.75, 3.05) is 24.0 Å². The van der Waals surface area contributed by atoms with E-state index in [0.29, 0.717) is 50.2 Å². The Bertz CT molecular complexity index is 2790. The van der Waals surface area contributed by atoms with Gasteiger partial charge in [-0.3, -0.25) is 19.4 Å². The maximum Gasteiger partial charge on any atom is 0.407 e. The molecule has 0 aliphatic carbocycles. The van der Waals surface area contributed by atoms with E-state index in [1.807, 2.05) is 34.1 Å². The summed E-state index contributed by atoms with van der Waals surface area (Å²) in [7, 11) is 2.60. The summed E-state index contributed by atoms with van der Waals surface area (Å²) in [5, 5.41) is 5.49. The fourth-order valence-corrected chi connectivity index (χ4v) is 9.96. The smallest absolute Gasteiger partial charge is 0.407 e. The van der Waals surface area contributed by atoms with Crippen LogP contribution in [0.4, 0.5) is 21.0 Å². The third kappa shape index (κ3) is 6.15. The molecular weight excluding hydrogens is 785 g/mol. The van der Waals surface area contributed by atoms with Gasteiger partial charge in [-0.25, -0.2) is 19.6 Å². The van der Waals surface area contributed by atoms with Crippen molar-refractivity contribution in [3.8, 4) is 22.3 Å². The molecular formula is C48H42N8O6. The van der Waals surface area contributed by atoms with Gasteiger partial charge in [0.1, 0.15) is 23.7 Å². The van der Waals surface area contributed by atoms with Crippen LogP contribution in [0.15, 0.2) is 97.1 Å². The Morgan fingerprint density at radius 3 is 1.40 bits per heavy atom. The Labute approximate surface area is 355 Å². The molecule has 0 bridgehead atoms. The molecule has 310 valence electrons. The SMILES string of the molecule is COC(=O)N[C@H]1CCc2cccc3c2N(C1=O)[C@H](c1nc2ccc(-c4ccc(-c5ccc6nc([C@@H]7Cc8cccc9c8N7C(=O)[C@@H](NC(=O)OC)CC9)[nH]c6c5)cc4)cc2[nH]1)C3. The number of aromatic amines is 2. The lowest BCUT2D eigenvalue weighted by Crippen LogP contribution is -2.48. The van der Waals surface area contributed by atoms with Gasteiger partial charge >= 0.3 is 12.2 Å². The number of alkyl carbamates (subject to hydrolysis) is 2. The minimum atomic E-state index is -0.709. The second-order valence-electron chi connectivity index (χ2n) is 16.4. The van der Waals surface area contributed by atoms with Gasteiger partial charge in [-0.1, -0.05) is 72.8 Å². The molecule has 0 spiro atoms. The van der Waals surface area contributed by atoms with Crippen LogP contribution in [-0.4, -0.2) is 70.2 Å². The molecule has 0 radical (unpaired) electrons. The van der Waals surface area contributed by atoms with Crippen LogP contribution in [0.1, 0.15) is 58.8 Å². The van der Waals surface area contributed by atoms with Crippen molar-refractivity contribution in [2.45, 2.75) is 62.7 Å². The molecule has 0 saturated heterocycles. The number of ether oxygens (including phenoxy) is 2. The van der Waals surface area contributed by atoms with Crippen molar-refractivity contribution < 1.29 is 28.7 Å². The quantitative estimate of drug-likeness (QED) is 0.134. The number of methoxy groups -OCH3 is 2. The van der Waals surface area contributed by atoms with Gasteiger partial charge in [0.2, 0.25) is 11.8 Å². The van der Waals surface area contributed by atoms with Crippen LogP contribution in [0.2, 0.25) is 0 Å². The molecule has 7 aromatic rings. The average molecular weight is 827 g/mol. The number of hydrogen-bond donors (Lipinski definition) is 4. The predicted molar refractivity (Wildman–Crippen MR) is 233 cm³/mol. The first-order valence-corrected chi connectivity index (χ1v) is 20.9. The topological polar surface area (TPSA) is 175 Å². The van der Waals surface area contributed by atoms with Crippen LogP contribution in [0.5, 0.6) is 0 Å². The maximum atomic E-state index is 14.0. The number of para-hydroxylation sites is 2. The molecule has 0 fully saturated rings. The first-order chi connectivity index (χ1) is 30.2. The number of nitrogens with one attached hydrogen (secondary N) is 4. The lowest BCUT2D eigenvalue weighted by molar-refractivity contribution is -0.121. The molecule has 4 N–H and O–H groups in total. The number of anilines is 2. The molecule has 4 aliphatic rings. The minimum Gasteiger partial charge on any atom is -0.453 e. The largest absolute Gasteiger partial charge is 0.453 e. The van der Waals surface area contributed by atoms with Gasteiger partial charge < -0.3 is 30.1 Å². The summed E-state index contributed by atoms with van der Waals surface area (Å²) in [6, 6.07) is 30.9. The van der Waals surface area contributed by atoms with Crippen LogP contribution < -0.4 is 20.4 Å². The fraction of sp³-hybridized carbons (Fsp3) is 0.250. The van der Waals surface area contributed by atoms with Gasteiger partial charge in [-0.15, -0.1) is 0 Å². The molecule has 4 aliphatic heterocycles. The summed E-state index contributed by atoms with van der Waals surface area (Å²) < 4.78 is 9.67. The fourth-order valence-electron chi connectivity index (χ4n) is 9.96. The lowest BCUT2D eigenvalue weighted by Gasteiger charge is -2.27. The van der Waals surface area contributed by atoms with Gasteiger partial charge in [0.05, 0.1) is 59.7 Å². The number of carbonyl (C=O) groups is 4. The molecule has 4 amide bonds. The molecule has 2 aromatic heterocycles. The van der Waals surface area contributed by atoms with Crippen LogP contribution in [0.25, 0.3) is 44.3 Å². The number of hydrogen-bond acceptors (Lipinski definition) is 8. The number of amides is 4. The number of aromatic nitrogens is 4.